The fourth-order valence-corrected chi connectivity index (χ4v) is 6.64. The first-order chi connectivity index (χ1) is 18.7. The molecule has 10 heteroatoms. The second kappa shape index (κ2) is 12.3. The topological polar surface area (TPSA) is 124 Å². The molecule has 0 saturated carbocycles. The number of carbonyl (C=O) groups is 2. The number of ether oxygens (including phenoxy) is 1. The number of piperidine rings is 1. The standard InChI is InChI=1S/C29H32N2O7S/c1-38-25-11-7-22(8-12-25)23-9-13-26(14-10-23)39(36,37)31(20-15-21-5-3-2-4-6-21)27(28(32)33)24-16-18-30(19-17-24)29(34)35/h2-14,24,27H,15-20H2,1H3,(H,32,33)(H,34,35). The number of sulfonamides is 1. The lowest BCUT2D eigenvalue weighted by Gasteiger charge is -2.38. The van der Waals surface area contributed by atoms with Crippen molar-refractivity contribution in [1.29, 1.82) is 0 Å². The van der Waals surface area contributed by atoms with Gasteiger partial charge in [0.2, 0.25) is 10.0 Å². The smallest absolute Gasteiger partial charge is 0.407 e. The number of carboxylic acid groups (broad SMARTS) is 2. The van der Waals surface area contributed by atoms with Crippen molar-refractivity contribution >= 4 is 22.1 Å². The molecule has 0 aromatic heterocycles. The van der Waals surface area contributed by atoms with Crippen LogP contribution in [0, 0.1) is 5.92 Å². The minimum atomic E-state index is -4.20. The molecule has 206 valence electrons. The number of rotatable bonds is 10. The van der Waals surface area contributed by atoms with E-state index in [0.717, 1.165) is 21.0 Å². The van der Waals surface area contributed by atoms with Gasteiger partial charge in [0.25, 0.3) is 0 Å². The highest BCUT2D eigenvalue weighted by atomic mass is 32.2. The van der Waals surface area contributed by atoms with Crippen LogP contribution in [-0.4, -0.2) is 72.7 Å². The summed E-state index contributed by atoms with van der Waals surface area (Å²) < 4.78 is 34.3. The lowest BCUT2D eigenvalue weighted by molar-refractivity contribution is -0.144. The molecule has 0 aliphatic carbocycles. The van der Waals surface area contributed by atoms with Crippen LogP contribution in [0.1, 0.15) is 18.4 Å². The van der Waals surface area contributed by atoms with E-state index in [1.165, 1.54) is 17.0 Å². The van der Waals surface area contributed by atoms with Crippen LogP contribution >= 0.6 is 0 Å². The van der Waals surface area contributed by atoms with Crippen molar-refractivity contribution in [2.45, 2.75) is 30.2 Å². The third-order valence-corrected chi connectivity index (χ3v) is 9.06. The van der Waals surface area contributed by atoms with Crippen LogP contribution in [0.2, 0.25) is 0 Å². The number of methoxy groups -OCH3 is 1. The Bertz CT molecular complexity index is 1370. The maximum Gasteiger partial charge on any atom is 0.407 e. The maximum atomic E-state index is 14.0. The van der Waals surface area contributed by atoms with E-state index in [-0.39, 0.29) is 37.4 Å². The summed E-state index contributed by atoms with van der Waals surface area (Å²) in [6, 6.07) is 21.8. The number of likely N-dealkylation sites (tertiary alicyclic amines) is 1. The molecule has 4 rings (SSSR count). The molecular formula is C29H32N2O7S. The van der Waals surface area contributed by atoms with Gasteiger partial charge in [-0.3, -0.25) is 4.79 Å². The normalized spacial score (nSPS) is 15.2. The van der Waals surface area contributed by atoms with Crippen LogP contribution in [0.3, 0.4) is 0 Å². The average Bonchev–Trinajstić information content (AvgIpc) is 2.95. The van der Waals surface area contributed by atoms with Crippen molar-refractivity contribution in [1.82, 2.24) is 9.21 Å². The van der Waals surface area contributed by atoms with Crippen LogP contribution in [0.15, 0.2) is 83.8 Å². The second-order valence-corrected chi connectivity index (χ2v) is 11.4. The highest BCUT2D eigenvalue weighted by Crippen LogP contribution is 2.31. The van der Waals surface area contributed by atoms with Gasteiger partial charge in [-0.1, -0.05) is 54.6 Å². The van der Waals surface area contributed by atoms with Crippen LogP contribution in [0.5, 0.6) is 5.75 Å². The van der Waals surface area contributed by atoms with Crippen molar-refractivity contribution in [2.24, 2.45) is 5.92 Å². The molecule has 0 spiro atoms. The Morgan fingerprint density at radius 3 is 2.00 bits per heavy atom. The van der Waals surface area contributed by atoms with E-state index in [2.05, 4.69) is 0 Å². The van der Waals surface area contributed by atoms with E-state index in [9.17, 15) is 28.2 Å². The molecule has 1 heterocycles. The summed E-state index contributed by atoms with van der Waals surface area (Å²) in [5.41, 5.74) is 2.58. The Labute approximate surface area is 228 Å². The summed E-state index contributed by atoms with van der Waals surface area (Å²) in [4.78, 5) is 25.2. The predicted octanol–water partition coefficient (Wildman–Crippen LogP) is 4.44. The molecular weight excluding hydrogens is 520 g/mol. The first-order valence-corrected chi connectivity index (χ1v) is 14.2. The zero-order valence-corrected chi connectivity index (χ0v) is 22.5. The van der Waals surface area contributed by atoms with E-state index >= 15 is 0 Å². The minimum Gasteiger partial charge on any atom is -0.497 e. The minimum absolute atomic E-state index is 0.00189. The van der Waals surface area contributed by atoms with Crippen LogP contribution < -0.4 is 4.74 Å². The molecule has 0 radical (unpaired) electrons. The van der Waals surface area contributed by atoms with E-state index in [1.54, 1.807) is 19.2 Å². The van der Waals surface area contributed by atoms with Gasteiger partial charge in [-0.15, -0.1) is 0 Å². The SMILES string of the molecule is COc1ccc(-c2ccc(S(=O)(=O)N(CCc3ccccc3)C(C(=O)O)C3CCN(C(=O)O)CC3)cc2)cc1. The Balaban J connectivity index is 1.65. The van der Waals surface area contributed by atoms with Crippen molar-refractivity contribution in [3.05, 3.63) is 84.4 Å². The zero-order valence-electron chi connectivity index (χ0n) is 21.6. The molecule has 1 saturated heterocycles. The first-order valence-electron chi connectivity index (χ1n) is 12.7. The molecule has 3 aromatic rings. The molecule has 39 heavy (non-hydrogen) atoms. The molecule has 2 N–H and O–H groups in total. The molecule has 9 nitrogen and oxygen atoms in total. The van der Waals surface area contributed by atoms with Crippen LogP contribution in [-0.2, 0) is 21.2 Å². The second-order valence-electron chi connectivity index (χ2n) is 9.49. The lowest BCUT2D eigenvalue weighted by atomic mass is 9.89. The van der Waals surface area contributed by atoms with E-state index in [0.29, 0.717) is 12.2 Å². The van der Waals surface area contributed by atoms with Crippen LogP contribution in [0.25, 0.3) is 11.1 Å². The summed E-state index contributed by atoms with van der Waals surface area (Å²) in [6.45, 7) is 0.294. The largest absolute Gasteiger partial charge is 0.497 e. The van der Waals surface area contributed by atoms with Crippen molar-refractivity contribution < 1.29 is 33.0 Å². The monoisotopic (exact) mass is 552 g/mol. The van der Waals surface area contributed by atoms with Gasteiger partial charge in [-0.05, 0) is 66.1 Å². The van der Waals surface area contributed by atoms with Crippen molar-refractivity contribution in [3.63, 3.8) is 0 Å². The summed E-state index contributed by atoms with van der Waals surface area (Å²) >= 11 is 0. The Morgan fingerprint density at radius 1 is 0.923 bits per heavy atom. The van der Waals surface area contributed by atoms with Gasteiger partial charge >= 0.3 is 12.1 Å². The predicted molar refractivity (Wildman–Crippen MR) is 146 cm³/mol. The zero-order chi connectivity index (χ0) is 28.0. The maximum absolute atomic E-state index is 14.0. The van der Waals surface area contributed by atoms with Gasteiger partial charge < -0.3 is 19.8 Å². The van der Waals surface area contributed by atoms with Crippen LogP contribution in [0.4, 0.5) is 4.79 Å². The van der Waals surface area contributed by atoms with Crippen molar-refractivity contribution in [3.8, 4) is 16.9 Å². The Hall–Kier alpha value is -3.89. The van der Waals surface area contributed by atoms with Gasteiger partial charge in [0.15, 0.2) is 0 Å². The number of hydrogen-bond acceptors (Lipinski definition) is 5. The fourth-order valence-electron chi connectivity index (χ4n) is 5.00. The van der Waals surface area contributed by atoms with E-state index in [4.69, 9.17) is 4.74 Å². The summed E-state index contributed by atoms with van der Waals surface area (Å²) in [5, 5.41) is 19.6. The average molecular weight is 553 g/mol. The molecule has 1 aliphatic rings. The summed E-state index contributed by atoms with van der Waals surface area (Å²) in [5.74, 6) is -1.06. The van der Waals surface area contributed by atoms with E-state index < -0.39 is 34.0 Å². The van der Waals surface area contributed by atoms with Crippen molar-refractivity contribution in [2.75, 3.05) is 26.7 Å². The summed E-state index contributed by atoms with van der Waals surface area (Å²) in [6.07, 6.45) is -0.207. The number of nitrogens with zero attached hydrogens (tertiary/aromatic N) is 2. The Morgan fingerprint density at radius 2 is 1.49 bits per heavy atom. The van der Waals surface area contributed by atoms with Gasteiger partial charge in [-0.25, -0.2) is 13.2 Å². The molecule has 0 bridgehead atoms. The third kappa shape index (κ3) is 6.58. The molecule has 1 aliphatic heterocycles. The molecule has 1 unspecified atom stereocenters. The summed E-state index contributed by atoms with van der Waals surface area (Å²) in [7, 11) is -2.62. The number of carboxylic acids is 1. The van der Waals surface area contributed by atoms with Gasteiger partial charge in [0, 0.05) is 19.6 Å². The van der Waals surface area contributed by atoms with E-state index in [1.807, 2.05) is 54.6 Å². The molecule has 3 aromatic carbocycles. The lowest BCUT2D eigenvalue weighted by Crippen LogP contribution is -2.53. The molecule has 1 amide bonds. The fraction of sp³-hybridized carbons (Fsp3) is 0.310. The quantitative estimate of drug-likeness (QED) is 0.381. The highest BCUT2D eigenvalue weighted by molar-refractivity contribution is 7.89. The highest BCUT2D eigenvalue weighted by Gasteiger charge is 2.42. The molecule has 1 fully saturated rings. The van der Waals surface area contributed by atoms with Gasteiger partial charge in [0.1, 0.15) is 11.8 Å². The number of hydrogen-bond donors (Lipinski definition) is 2. The number of benzene rings is 3. The molecule has 1 atom stereocenters. The number of aliphatic carboxylic acids is 1. The van der Waals surface area contributed by atoms with Gasteiger partial charge in [-0.2, -0.15) is 4.31 Å². The Kier molecular flexibility index (Phi) is 8.88. The number of amides is 1. The third-order valence-electron chi connectivity index (χ3n) is 7.17. The first kappa shape index (κ1) is 28.1. The van der Waals surface area contributed by atoms with Gasteiger partial charge in [0.05, 0.1) is 12.0 Å².